The molecule has 0 spiro atoms. The van der Waals surface area contributed by atoms with Crippen LogP contribution in [0.5, 0.6) is 0 Å². The second-order valence-electron chi connectivity index (χ2n) is 2.70. The van der Waals surface area contributed by atoms with Crippen molar-refractivity contribution in [3.05, 3.63) is 17.0 Å². The average Bonchev–Trinajstić information content (AvgIpc) is 2.47. The van der Waals surface area contributed by atoms with Gasteiger partial charge in [-0.05, 0) is 13.0 Å². The molecule has 0 aliphatic carbocycles. The summed E-state index contributed by atoms with van der Waals surface area (Å²) in [7, 11) is 0. The highest BCUT2D eigenvalue weighted by Crippen LogP contribution is 2.26. The molecule has 2 rings (SSSR count). The highest BCUT2D eigenvalue weighted by Gasteiger charge is 2.24. The Hall–Kier alpha value is -0.970. The summed E-state index contributed by atoms with van der Waals surface area (Å²) in [6, 6.07) is 0. The van der Waals surface area contributed by atoms with Crippen molar-refractivity contribution >= 4 is 0 Å². The Labute approximate surface area is 67.7 Å². The predicted molar refractivity (Wildman–Crippen MR) is 36.9 cm³/mol. The molecule has 1 aromatic rings. The topological polar surface area (TPSA) is 38.1 Å². The fraction of sp³-hybridized carbons (Fsp3) is 0.571. The van der Waals surface area contributed by atoms with Gasteiger partial charge in [0.05, 0.1) is 0 Å². The van der Waals surface area contributed by atoms with Crippen LogP contribution in [0.1, 0.15) is 23.4 Å². The second kappa shape index (κ2) is 2.82. The summed E-state index contributed by atoms with van der Waals surface area (Å²) in [6.07, 6.45) is -1.96. The lowest BCUT2D eigenvalue weighted by atomic mass is 10.1. The molecule has 0 radical (unpaired) electrons. The Bertz CT molecular complexity index is 285. The minimum atomic E-state index is -2.54. The van der Waals surface area contributed by atoms with E-state index in [2.05, 4.69) is 15.0 Å². The molecule has 0 fully saturated rings. The molecule has 2 heterocycles. The van der Waals surface area contributed by atoms with E-state index in [1.54, 1.807) is 0 Å². The molecule has 3 nitrogen and oxygen atoms in total. The van der Waals surface area contributed by atoms with Crippen LogP contribution in [0, 0.1) is 0 Å². The number of rotatable bonds is 1. The summed E-state index contributed by atoms with van der Waals surface area (Å²) in [5.41, 5.74) is 1.21. The normalized spacial score (nSPS) is 16.6. The number of nitrogens with one attached hydrogen (secondary N) is 1. The molecule has 1 aliphatic heterocycles. The van der Waals surface area contributed by atoms with Gasteiger partial charge in [0.1, 0.15) is 5.69 Å². The zero-order valence-electron chi connectivity index (χ0n) is 6.31. The van der Waals surface area contributed by atoms with E-state index in [1.807, 2.05) is 0 Å². The molecular formula is C7H8F2N2O. The summed E-state index contributed by atoms with van der Waals surface area (Å²) in [5, 5.41) is 6.59. The monoisotopic (exact) mass is 174 g/mol. The minimum Gasteiger partial charge on any atom is -0.355 e. The smallest absolute Gasteiger partial charge is 0.298 e. The number of halogens is 2. The maximum Gasteiger partial charge on any atom is 0.298 e. The zero-order chi connectivity index (χ0) is 8.55. The Morgan fingerprint density at radius 2 is 2.33 bits per heavy atom. The molecule has 5 heteroatoms. The Morgan fingerprint density at radius 3 is 3.08 bits per heavy atom. The second-order valence-corrected chi connectivity index (χ2v) is 2.70. The van der Waals surface area contributed by atoms with Crippen LogP contribution in [-0.4, -0.2) is 11.7 Å². The molecule has 1 N–H and O–H groups in total. The van der Waals surface area contributed by atoms with Crippen molar-refractivity contribution in [3.8, 4) is 0 Å². The van der Waals surface area contributed by atoms with Crippen molar-refractivity contribution in [3.63, 3.8) is 0 Å². The summed E-state index contributed by atoms with van der Waals surface area (Å²) >= 11 is 0. The van der Waals surface area contributed by atoms with Gasteiger partial charge in [-0.3, -0.25) is 0 Å². The van der Waals surface area contributed by atoms with Crippen LogP contribution in [-0.2, 0) is 13.0 Å². The first-order valence-corrected chi connectivity index (χ1v) is 3.75. The molecule has 0 amide bonds. The van der Waals surface area contributed by atoms with Crippen molar-refractivity contribution in [2.45, 2.75) is 19.4 Å². The Balaban J connectivity index is 2.38. The van der Waals surface area contributed by atoms with Gasteiger partial charge in [0.15, 0.2) is 0 Å². The van der Waals surface area contributed by atoms with Crippen LogP contribution < -0.4 is 5.32 Å². The largest absolute Gasteiger partial charge is 0.355 e. The van der Waals surface area contributed by atoms with Crippen molar-refractivity contribution in [1.82, 2.24) is 10.5 Å². The van der Waals surface area contributed by atoms with Gasteiger partial charge in [-0.2, -0.15) is 0 Å². The summed E-state index contributed by atoms with van der Waals surface area (Å²) in [4.78, 5) is 0. The van der Waals surface area contributed by atoms with Crippen LogP contribution in [0.25, 0.3) is 0 Å². The Kier molecular flexibility index (Phi) is 1.80. The molecule has 0 saturated heterocycles. The number of hydrogen-bond acceptors (Lipinski definition) is 3. The van der Waals surface area contributed by atoms with Crippen molar-refractivity contribution in [2.24, 2.45) is 0 Å². The van der Waals surface area contributed by atoms with Gasteiger partial charge in [-0.15, -0.1) is 0 Å². The van der Waals surface area contributed by atoms with Gasteiger partial charge in [0.2, 0.25) is 5.76 Å². The van der Waals surface area contributed by atoms with Crippen molar-refractivity contribution in [1.29, 1.82) is 0 Å². The van der Waals surface area contributed by atoms with E-state index >= 15 is 0 Å². The lowest BCUT2D eigenvalue weighted by molar-refractivity contribution is 0.111. The third-order valence-corrected chi connectivity index (χ3v) is 1.94. The van der Waals surface area contributed by atoms with E-state index in [9.17, 15) is 8.78 Å². The van der Waals surface area contributed by atoms with E-state index in [0.29, 0.717) is 30.8 Å². The molecule has 0 atom stereocenters. The zero-order valence-corrected chi connectivity index (χ0v) is 6.31. The third-order valence-electron chi connectivity index (χ3n) is 1.94. The van der Waals surface area contributed by atoms with Crippen LogP contribution in [0.4, 0.5) is 8.78 Å². The van der Waals surface area contributed by atoms with Gasteiger partial charge in [-0.1, -0.05) is 5.16 Å². The molecule has 1 aromatic heterocycles. The number of fused-ring (bicyclic) bond motifs is 1. The molecule has 0 aromatic carbocycles. The van der Waals surface area contributed by atoms with E-state index < -0.39 is 6.43 Å². The molecule has 1 aliphatic rings. The molecule has 12 heavy (non-hydrogen) atoms. The van der Waals surface area contributed by atoms with Crippen LogP contribution in [0.2, 0.25) is 0 Å². The summed E-state index contributed by atoms with van der Waals surface area (Å²) in [6.45, 7) is 1.25. The van der Waals surface area contributed by atoms with Gasteiger partial charge in [-0.25, -0.2) is 8.78 Å². The number of hydrogen-bond donors (Lipinski definition) is 1. The first-order valence-electron chi connectivity index (χ1n) is 3.75. The van der Waals surface area contributed by atoms with Crippen molar-refractivity contribution in [2.75, 3.05) is 6.54 Å². The van der Waals surface area contributed by atoms with E-state index in [0.717, 1.165) is 0 Å². The quantitative estimate of drug-likeness (QED) is 0.696. The van der Waals surface area contributed by atoms with Gasteiger partial charge in [0.25, 0.3) is 6.43 Å². The molecule has 0 saturated carbocycles. The highest BCUT2D eigenvalue weighted by molar-refractivity contribution is 5.25. The first-order chi connectivity index (χ1) is 5.79. The molecular weight excluding hydrogens is 166 g/mol. The fourth-order valence-corrected chi connectivity index (χ4v) is 1.35. The van der Waals surface area contributed by atoms with Gasteiger partial charge < -0.3 is 9.84 Å². The van der Waals surface area contributed by atoms with Crippen LogP contribution in [0.3, 0.4) is 0 Å². The van der Waals surface area contributed by atoms with E-state index in [-0.39, 0.29) is 5.76 Å². The number of aromatic nitrogens is 1. The maximum absolute atomic E-state index is 12.2. The standard InChI is InChI=1S/C7H8F2N2O/c8-7(9)6-4-1-2-10-3-5(4)11-12-6/h7,10H,1-3H2. The molecule has 66 valence electrons. The third kappa shape index (κ3) is 1.10. The molecule has 0 bridgehead atoms. The minimum absolute atomic E-state index is 0.258. The lowest BCUT2D eigenvalue weighted by Gasteiger charge is -2.10. The van der Waals surface area contributed by atoms with Crippen LogP contribution >= 0.6 is 0 Å². The lowest BCUT2D eigenvalue weighted by Crippen LogP contribution is -2.23. The molecule has 0 unspecified atom stereocenters. The number of nitrogens with zero attached hydrogens (tertiary/aromatic N) is 1. The predicted octanol–water partition coefficient (Wildman–Crippen LogP) is 1.26. The summed E-state index contributed by atoms with van der Waals surface area (Å²) < 4.78 is 29.0. The highest BCUT2D eigenvalue weighted by atomic mass is 19.3. The Morgan fingerprint density at radius 1 is 1.50 bits per heavy atom. The fourth-order valence-electron chi connectivity index (χ4n) is 1.35. The first kappa shape index (κ1) is 7.67. The van der Waals surface area contributed by atoms with Gasteiger partial charge >= 0.3 is 0 Å². The number of alkyl halides is 2. The van der Waals surface area contributed by atoms with Gasteiger partial charge in [0, 0.05) is 12.1 Å². The maximum atomic E-state index is 12.2. The summed E-state index contributed by atoms with van der Waals surface area (Å²) in [5.74, 6) is -0.258. The van der Waals surface area contributed by atoms with E-state index in [1.165, 1.54) is 0 Å². The van der Waals surface area contributed by atoms with Crippen molar-refractivity contribution < 1.29 is 13.3 Å². The van der Waals surface area contributed by atoms with E-state index in [4.69, 9.17) is 0 Å². The average molecular weight is 174 g/mol. The van der Waals surface area contributed by atoms with Crippen LogP contribution in [0.15, 0.2) is 4.52 Å². The SMILES string of the molecule is FC(F)c1onc2c1CCNC2.